The minimum Gasteiger partial charge on any atom is -0.496 e. The summed E-state index contributed by atoms with van der Waals surface area (Å²) in [6.07, 6.45) is 5.94. The molecule has 2 bridgehead atoms. The Kier molecular flexibility index (Phi) is 6.97. The van der Waals surface area contributed by atoms with Crippen LogP contribution in [0.3, 0.4) is 0 Å². The summed E-state index contributed by atoms with van der Waals surface area (Å²) in [4.78, 5) is 24.3. The number of rotatable bonds is 6. The van der Waals surface area contributed by atoms with Crippen LogP contribution in [0.15, 0.2) is 47.2 Å². The number of aromatic nitrogens is 4. The Morgan fingerprint density at radius 2 is 1.90 bits per heavy atom. The number of piperidine rings is 1. The van der Waals surface area contributed by atoms with Crippen molar-refractivity contribution in [1.29, 1.82) is 0 Å². The predicted molar refractivity (Wildman–Crippen MR) is 154 cm³/mol. The van der Waals surface area contributed by atoms with Crippen LogP contribution in [0.25, 0.3) is 28.0 Å². The molecule has 2 aliphatic heterocycles. The molecule has 2 saturated heterocycles. The Hall–Kier alpha value is -3.54. The Balaban J connectivity index is 1.32. The zero-order chi connectivity index (χ0) is 28.1. The molecule has 3 atom stereocenters. The van der Waals surface area contributed by atoms with E-state index in [1.807, 2.05) is 35.2 Å². The van der Waals surface area contributed by atoms with Crippen molar-refractivity contribution < 1.29 is 19.7 Å². The van der Waals surface area contributed by atoms with Crippen LogP contribution in [0.4, 0.5) is 5.82 Å². The number of halogens is 1. The van der Waals surface area contributed by atoms with Gasteiger partial charge in [-0.05, 0) is 72.8 Å². The number of ether oxygens (including phenoxy) is 1. The number of pyridine rings is 1. The molecule has 10 nitrogen and oxygen atoms in total. The third-order valence-corrected chi connectivity index (χ3v) is 9.01. The van der Waals surface area contributed by atoms with E-state index in [0.29, 0.717) is 22.8 Å². The van der Waals surface area contributed by atoms with Gasteiger partial charge in [0.2, 0.25) is 0 Å². The molecule has 2 unspecified atom stereocenters. The zero-order valence-electron chi connectivity index (χ0n) is 22.3. The number of benzene rings is 1. The van der Waals surface area contributed by atoms with Gasteiger partial charge in [0.15, 0.2) is 5.65 Å². The molecule has 208 valence electrons. The lowest BCUT2D eigenvalue weighted by molar-refractivity contribution is -0.144. The van der Waals surface area contributed by atoms with Gasteiger partial charge in [-0.15, -0.1) is 0 Å². The summed E-state index contributed by atoms with van der Waals surface area (Å²) in [5.41, 5.74) is 12.1. The van der Waals surface area contributed by atoms with Crippen molar-refractivity contribution in [3.8, 4) is 28.1 Å². The number of carbonyl (C=O) groups is 1. The average Bonchev–Trinajstić information content (AvgIpc) is 3.51. The van der Waals surface area contributed by atoms with E-state index in [-0.39, 0.29) is 30.5 Å². The maximum absolute atomic E-state index is 12.6. The molecule has 1 amide bonds. The molecule has 3 aromatic heterocycles. The lowest BCUT2D eigenvalue weighted by atomic mass is 9.87. The van der Waals surface area contributed by atoms with Gasteiger partial charge in [0.1, 0.15) is 17.7 Å². The molecule has 5 heterocycles. The van der Waals surface area contributed by atoms with E-state index in [1.54, 1.807) is 24.0 Å². The average molecular weight is 608 g/mol. The van der Waals surface area contributed by atoms with Crippen LogP contribution in [0.2, 0.25) is 0 Å². The number of methoxy groups -OCH3 is 1. The second-order valence-electron chi connectivity index (χ2n) is 10.6. The van der Waals surface area contributed by atoms with Gasteiger partial charge in [0.25, 0.3) is 5.91 Å². The summed E-state index contributed by atoms with van der Waals surface area (Å²) in [6.45, 7) is 1.41. The Morgan fingerprint density at radius 1 is 1.18 bits per heavy atom. The van der Waals surface area contributed by atoms with Gasteiger partial charge in [-0.25, -0.2) is 4.98 Å². The second kappa shape index (κ2) is 10.5. The first-order valence-electron chi connectivity index (χ1n) is 13.4. The van der Waals surface area contributed by atoms with Crippen molar-refractivity contribution in [2.75, 3.05) is 12.8 Å². The molecule has 0 spiro atoms. The molecule has 0 saturated carbocycles. The number of hydrogen-bond donors (Lipinski definition) is 3. The van der Waals surface area contributed by atoms with Crippen molar-refractivity contribution in [1.82, 2.24) is 24.5 Å². The second-order valence-corrected chi connectivity index (χ2v) is 11.4. The third kappa shape index (κ3) is 4.42. The molecule has 40 heavy (non-hydrogen) atoms. The number of hydrogen-bond acceptors (Lipinski definition) is 8. The summed E-state index contributed by atoms with van der Waals surface area (Å²) < 4.78 is 7.67. The lowest BCUT2D eigenvalue weighted by Crippen LogP contribution is -2.49. The molecular formula is C29H31BrN6O4. The van der Waals surface area contributed by atoms with Crippen LogP contribution in [0.5, 0.6) is 5.75 Å². The number of fused-ring (bicyclic) bond motifs is 3. The van der Waals surface area contributed by atoms with E-state index in [4.69, 9.17) is 15.5 Å². The van der Waals surface area contributed by atoms with E-state index in [9.17, 15) is 15.0 Å². The summed E-state index contributed by atoms with van der Waals surface area (Å²) in [5, 5.41) is 24.1. The predicted octanol–water partition coefficient (Wildman–Crippen LogP) is 3.92. The number of nitrogens with two attached hydrogens (primary N) is 1. The summed E-state index contributed by atoms with van der Waals surface area (Å²) in [5.74, 6) is 1.04. The summed E-state index contributed by atoms with van der Waals surface area (Å²) in [7, 11) is 1.58. The largest absolute Gasteiger partial charge is 0.496 e. The Morgan fingerprint density at radius 3 is 2.52 bits per heavy atom. The monoisotopic (exact) mass is 606 g/mol. The first-order chi connectivity index (χ1) is 19.3. The van der Waals surface area contributed by atoms with Crippen molar-refractivity contribution in [3.63, 3.8) is 0 Å². The minimum absolute atomic E-state index is 0.0856. The molecular weight excluding hydrogens is 576 g/mol. The molecule has 1 aromatic carbocycles. The summed E-state index contributed by atoms with van der Waals surface area (Å²) >= 11 is 3.68. The van der Waals surface area contributed by atoms with Gasteiger partial charge in [0.05, 0.1) is 35.8 Å². The highest BCUT2D eigenvalue weighted by molar-refractivity contribution is 9.10. The zero-order valence-corrected chi connectivity index (χ0v) is 23.9. The van der Waals surface area contributed by atoms with Crippen LogP contribution >= 0.6 is 15.9 Å². The van der Waals surface area contributed by atoms with Crippen molar-refractivity contribution >= 4 is 33.3 Å². The fraction of sp³-hybridized carbons (Fsp3) is 0.379. The highest BCUT2D eigenvalue weighted by atomic mass is 79.9. The minimum atomic E-state index is -0.993. The number of carbonyl (C=O) groups excluding carboxylic acids is 1. The van der Waals surface area contributed by atoms with Gasteiger partial charge < -0.3 is 25.6 Å². The fourth-order valence-corrected chi connectivity index (χ4v) is 6.83. The maximum Gasteiger partial charge on any atom is 0.251 e. The molecule has 6 rings (SSSR count). The van der Waals surface area contributed by atoms with E-state index in [1.165, 1.54) is 6.92 Å². The Labute approximate surface area is 239 Å². The smallest absolute Gasteiger partial charge is 0.251 e. The standard InChI is InChI=1S/C29H31BrN6O4/c1-15(38)29(39)35-20-5-6-21(35)11-18(10-20)26-25(30)27(31)36-28(34-26)22(13-33-36)17-3-7-23(32-12-17)16-4-8-24(40-2)19(9-16)14-37/h3-4,7-9,12-13,15,18,20-21,37-38H,5-6,10-11,14,31H2,1-2H3/t15-,18?,20?,21?/m1/s1. The number of aliphatic hydroxyl groups excluding tert-OH is 2. The number of aliphatic hydroxyl groups is 2. The molecule has 0 aliphatic carbocycles. The van der Waals surface area contributed by atoms with Crippen molar-refractivity contribution in [3.05, 3.63) is 58.5 Å². The molecule has 11 heteroatoms. The van der Waals surface area contributed by atoms with E-state index in [0.717, 1.165) is 58.2 Å². The fourth-order valence-electron chi connectivity index (χ4n) is 6.25. The normalized spacial score (nSPS) is 21.1. The van der Waals surface area contributed by atoms with E-state index in [2.05, 4.69) is 26.0 Å². The topological polar surface area (TPSA) is 139 Å². The maximum atomic E-state index is 12.6. The van der Waals surface area contributed by atoms with Gasteiger partial charge in [0, 0.05) is 46.5 Å². The number of amides is 1. The highest BCUT2D eigenvalue weighted by Gasteiger charge is 2.45. The summed E-state index contributed by atoms with van der Waals surface area (Å²) in [6, 6.07) is 9.68. The van der Waals surface area contributed by atoms with Crippen molar-refractivity contribution in [2.45, 2.75) is 63.3 Å². The van der Waals surface area contributed by atoms with Crippen LogP contribution in [-0.4, -0.2) is 65.9 Å². The first kappa shape index (κ1) is 26.7. The molecule has 2 fully saturated rings. The molecule has 0 radical (unpaired) electrons. The Bertz CT molecular complexity index is 1570. The van der Waals surface area contributed by atoms with Crippen LogP contribution in [0.1, 0.15) is 49.8 Å². The molecule has 4 N–H and O–H groups in total. The first-order valence-corrected chi connectivity index (χ1v) is 14.2. The van der Waals surface area contributed by atoms with Gasteiger partial charge in [-0.2, -0.15) is 9.61 Å². The quantitative estimate of drug-likeness (QED) is 0.300. The number of nitrogen functional groups attached to an aromatic ring is 1. The number of anilines is 1. The van der Waals surface area contributed by atoms with Gasteiger partial charge in [-0.1, -0.05) is 6.07 Å². The van der Waals surface area contributed by atoms with Gasteiger partial charge in [-0.3, -0.25) is 9.78 Å². The SMILES string of the molecule is COc1ccc(-c2ccc(-c3cnn4c(N)c(Br)c(C5CC6CCC(C5)N6C(=O)[C@@H](C)O)nc34)cn2)cc1CO. The van der Waals surface area contributed by atoms with Gasteiger partial charge >= 0.3 is 0 Å². The van der Waals surface area contributed by atoms with Crippen LogP contribution in [-0.2, 0) is 11.4 Å². The lowest BCUT2D eigenvalue weighted by Gasteiger charge is -2.39. The van der Waals surface area contributed by atoms with E-state index < -0.39 is 6.10 Å². The van der Waals surface area contributed by atoms with Crippen LogP contribution < -0.4 is 10.5 Å². The third-order valence-electron chi connectivity index (χ3n) is 8.20. The van der Waals surface area contributed by atoms with E-state index >= 15 is 0 Å². The highest BCUT2D eigenvalue weighted by Crippen LogP contribution is 2.45. The van der Waals surface area contributed by atoms with Crippen LogP contribution in [0, 0.1) is 0 Å². The van der Waals surface area contributed by atoms with Crippen molar-refractivity contribution in [2.24, 2.45) is 0 Å². The molecule has 4 aromatic rings. The molecule has 2 aliphatic rings. The number of nitrogens with zero attached hydrogens (tertiary/aromatic N) is 5.